The number of hydrogen-bond donors (Lipinski definition) is 1. The lowest BCUT2D eigenvalue weighted by Crippen LogP contribution is -2.29. The van der Waals surface area contributed by atoms with E-state index in [2.05, 4.69) is 29.4 Å². The van der Waals surface area contributed by atoms with Gasteiger partial charge in [0.05, 0.1) is 0 Å². The third-order valence-corrected chi connectivity index (χ3v) is 2.88. The Kier molecular flexibility index (Phi) is 2.38. The van der Waals surface area contributed by atoms with Crippen molar-refractivity contribution in [1.82, 2.24) is 15.5 Å². The molecular weight excluding hydrogens is 214 g/mol. The molecule has 0 radical (unpaired) electrons. The first-order valence-electron chi connectivity index (χ1n) is 4.79. The number of carbonyl (C=O) groups is 1. The van der Waals surface area contributed by atoms with Crippen molar-refractivity contribution in [2.45, 2.75) is 26.3 Å². The van der Waals surface area contributed by atoms with Gasteiger partial charge in [-0.05, 0) is 24.0 Å². The summed E-state index contributed by atoms with van der Waals surface area (Å²) in [7, 11) is 0. The molecule has 1 heterocycles. The summed E-state index contributed by atoms with van der Waals surface area (Å²) in [6.07, 6.45) is 1.01. The van der Waals surface area contributed by atoms with E-state index in [1.165, 1.54) is 0 Å². The zero-order valence-electron chi connectivity index (χ0n) is 8.62. The number of hydrogen-bond acceptors (Lipinski definition) is 3. The Morgan fingerprint density at radius 2 is 2.20 bits per heavy atom. The van der Waals surface area contributed by atoms with Gasteiger partial charge < -0.3 is 5.32 Å². The quantitative estimate of drug-likeness (QED) is 0.833. The summed E-state index contributed by atoms with van der Waals surface area (Å²) in [6, 6.07) is 3.38. The number of rotatable bonds is 2. The molecule has 4 nitrogen and oxygen atoms in total. The standard InChI is InChI=1S/C10H12ClN3O/c1-10(2)5-7(10)12-9(15)6-3-4-8(11)14-13-6/h3-4,7H,5H2,1-2H3,(H,12,15). The minimum Gasteiger partial charge on any atom is -0.347 e. The van der Waals surface area contributed by atoms with Gasteiger partial charge in [-0.1, -0.05) is 25.4 Å². The second kappa shape index (κ2) is 3.45. The number of nitrogens with zero attached hydrogens (tertiary/aromatic N) is 2. The monoisotopic (exact) mass is 225 g/mol. The van der Waals surface area contributed by atoms with Crippen LogP contribution >= 0.6 is 11.6 Å². The largest absolute Gasteiger partial charge is 0.347 e. The van der Waals surface area contributed by atoms with Crippen molar-refractivity contribution < 1.29 is 4.79 Å². The highest BCUT2D eigenvalue weighted by atomic mass is 35.5. The van der Waals surface area contributed by atoms with E-state index in [0.717, 1.165) is 6.42 Å². The zero-order valence-corrected chi connectivity index (χ0v) is 9.38. The molecule has 0 bridgehead atoms. The molecule has 80 valence electrons. The van der Waals surface area contributed by atoms with Crippen LogP contribution in [0.25, 0.3) is 0 Å². The van der Waals surface area contributed by atoms with Crippen LogP contribution in [-0.4, -0.2) is 22.1 Å². The summed E-state index contributed by atoms with van der Waals surface area (Å²) in [4.78, 5) is 11.6. The summed E-state index contributed by atoms with van der Waals surface area (Å²) >= 11 is 5.57. The Bertz CT molecular complexity index is 388. The van der Waals surface area contributed by atoms with Gasteiger partial charge in [0.2, 0.25) is 0 Å². The van der Waals surface area contributed by atoms with E-state index in [4.69, 9.17) is 11.6 Å². The fourth-order valence-corrected chi connectivity index (χ4v) is 1.48. The molecule has 0 spiro atoms. The third-order valence-electron chi connectivity index (χ3n) is 2.68. The third kappa shape index (κ3) is 2.26. The lowest BCUT2D eigenvalue weighted by atomic mass is 10.2. The van der Waals surface area contributed by atoms with Crippen LogP contribution in [0.5, 0.6) is 0 Å². The Balaban J connectivity index is 2.00. The molecule has 1 aromatic rings. The molecule has 5 heteroatoms. The number of nitrogens with one attached hydrogen (secondary N) is 1. The topological polar surface area (TPSA) is 54.9 Å². The van der Waals surface area contributed by atoms with Gasteiger partial charge in [0.1, 0.15) is 0 Å². The number of carbonyl (C=O) groups excluding carboxylic acids is 1. The van der Waals surface area contributed by atoms with Crippen molar-refractivity contribution in [3.05, 3.63) is 23.0 Å². The fraction of sp³-hybridized carbons (Fsp3) is 0.500. The second-order valence-electron chi connectivity index (χ2n) is 4.46. The van der Waals surface area contributed by atoms with Gasteiger partial charge in [0, 0.05) is 6.04 Å². The predicted octanol–water partition coefficient (Wildman–Crippen LogP) is 1.66. The molecule has 1 N–H and O–H groups in total. The highest BCUT2D eigenvalue weighted by molar-refractivity contribution is 6.29. The summed E-state index contributed by atoms with van der Waals surface area (Å²) in [6.45, 7) is 4.23. The molecule has 0 aliphatic heterocycles. The molecule has 2 rings (SSSR count). The molecule has 1 aliphatic carbocycles. The Labute approximate surface area is 93.0 Å². The maximum atomic E-state index is 11.6. The van der Waals surface area contributed by atoms with Crippen LogP contribution < -0.4 is 5.32 Å². The lowest BCUT2D eigenvalue weighted by Gasteiger charge is -2.05. The summed E-state index contributed by atoms with van der Waals surface area (Å²) in [5.74, 6) is -0.185. The van der Waals surface area contributed by atoms with E-state index >= 15 is 0 Å². The van der Waals surface area contributed by atoms with Gasteiger partial charge in [-0.3, -0.25) is 4.79 Å². The van der Waals surface area contributed by atoms with Crippen molar-refractivity contribution in [2.75, 3.05) is 0 Å². The first kappa shape index (κ1) is 10.4. The lowest BCUT2D eigenvalue weighted by molar-refractivity contribution is 0.0940. The van der Waals surface area contributed by atoms with Gasteiger partial charge in [-0.25, -0.2) is 0 Å². The Hall–Kier alpha value is -1.16. The maximum absolute atomic E-state index is 11.6. The number of amides is 1. The zero-order chi connectivity index (χ0) is 11.1. The van der Waals surface area contributed by atoms with Crippen LogP contribution in [0.1, 0.15) is 30.8 Å². The highest BCUT2D eigenvalue weighted by Gasteiger charge is 2.46. The van der Waals surface area contributed by atoms with Gasteiger partial charge in [-0.15, -0.1) is 10.2 Å². The highest BCUT2D eigenvalue weighted by Crippen LogP contribution is 2.44. The van der Waals surface area contributed by atoms with Crippen molar-refractivity contribution in [2.24, 2.45) is 5.41 Å². The van der Waals surface area contributed by atoms with Gasteiger partial charge in [0.25, 0.3) is 5.91 Å². The SMILES string of the molecule is CC1(C)CC1NC(=O)c1ccc(Cl)nn1. The van der Waals surface area contributed by atoms with E-state index in [-0.39, 0.29) is 17.4 Å². The van der Waals surface area contributed by atoms with Crippen molar-refractivity contribution in [3.63, 3.8) is 0 Å². The summed E-state index contributed by atoms with van der Waals surface area (Å²) in [5, 5.41) is 10.5. The molecule has 0 saturated heterocycles. The van der Waals surface area contributed by atoms with Gasteiger partial charge >= 0.3 is 0 Å². The van der Waals surface area contributed by atoms with Crippen LogP contribution in [-0.2, 0) is 0 Å². The van der Waals surface area contributed by atoms with E-state index in [1.807, 2.05) is 0 Å². The van der Waals surface area contributed by atoms with Crippen LogP contribution in [0.2, 0.25) is 5.15 Å². The average Bonchev–Trinajstić information content (AvgIpc) is 2.74. The minimum absolute atomic E-state index is 0.185. The number of aromatic nitrogens is 2. The molecule has 1 atom stereocenters. The fourth-order valence-electron chi connectivity index (χ4n) is 1.38. The molecule has 1 saturated carbocycles. The Morgan fingerprint density at radius 1 is 1.53 bits per heavy atom. The molecule has 1 aliphatic rings. The van der Waals surface area contributed by atoms with Crippen molar-refractivity contribution >= 4 is 17.5 Å². The normalized spacial score (nSPS) is 22.2. The van der Waals surface area contributed by atoms with E-state index < -0.39 is 0 Å². The van der Waals surface area contributed by atoms with Crippen LogP contribution in [0, 0.1) is 5.41 Å². The van der Waals surface area contributed by atoms with Crippen molar-refractivity contribution in [3.8, 4) is 0 Å². The molecule has 1 unspecified atom stereocenters. The smallest absolute Gasteiger partial charge is 0.272 e. The predicted molar refractivity (Wildman–Crippen MR) is 56.7 cm³/mol. The molecule has 1 aromatic heterocycles. The maximum Gasteiger partial charge on any atom is 0.272 e. The molecule has 15 heavy (non-hydrogen) atoms. The van der Waals surface area contributed by atoms with Crippen LogP contribution in [0.15, 0.2) is 12.1 Å². The van der Waals surface area contributed by atoms with Gasteiger partial charge in [0.15, 0.2) is 10.8 Å². The van der Waals surface area contributed by atoms with E-state index in [0.29, 0.717) is 10.8 Å². The van der Waals surface area contributed by atoms with E-state index in [9.17, 15) is 4.79 Å². The van der Waals surface area contributed by atoms with Crippen LogP contribution in [0.3, 0.4) is 0 Å². The molecule has 1 fully saturated rings. The number of halogens is 1. The summed E-state index contributed by atoms with van der Waals surface area (Å²) in [5.41, 5.74) is 0.525. The minimum atomic E-state index is -0.185. The first-order valence-corrected chi connectivity index (χ1v) is 5.17. The van der Waals surface area contributed by atoms with E-state index in [1.54, 1.807) is 12.1 Å². The molecular formula is C10H12ClN3O. The Morgan fingerprint density at radius 3 is 2.67 bits per heavy atom. The summed E-state index contributed by atoms with van der Waals surface area (Å²) < 4.78 is 0. The van der Waals surface area contributed by atoms with Gasteiger partial charge in [-0.2, -0.15) is 0 Å². The van der Waals surface area contributed by atoms with Crippen LogP contribution in [0.4, 0.5) is 0 Å². The van der Waals surface area contributed by atoms with Crippen molar-refractivity contribution in [1.29, 1.82) is 0 Å². The molecule has 1 amide bonds. The average molecular weight is 226 g/mol. The molecule has 0 aromatic carbocycles. The second-order valence-corrected chi connectivity index (χ2v) is 4.85. The first-order chi connectivity index (χ1) is 6.99.